The number of nitrogens with zero attached hydrogens (tertiary/aromatic N) is 1. The fraction of sp³-hybridized carbons (Fsp3) is 0.469. The Morgan fingerprint density at radius 1 is 1.08 bits per heavy atom. The highest BCUT2D eigenvalue weighted by atomic mass is 35.5. The van der Waals surface area contributed by atoms with Gasteiger partial charge in [-0.3, -0.25) is 4.98 Å². The van der Waals surface area contributed by atoms with Crippen molar-refractivity contribution in [3.8, 4) is 0 Å². The van der Waals surface area contributed by atoms with Crippen LogP contribution in [-0.4, -0.2) is 17.6 Å². The van der Waals surface area contributed by atoms with Gasteiger partial charge in [0.25, 0.3) is 0 Å². The molecule has 0 unspecified atom stereocenters. The zero-order chi connectivity index (χ0) is 29.6. The van der Waals surface area contributed by atoms with Gasteiger partial charge in [-0.25, -0.2) is 4.39 Å². The van der Waals surface area contributed by atoms with Crippen LogP contribution in [0.3, 0.4) is 0 Å². The van der Waals surface area contributed by atoms with E-state index in [4.69, 9.17) is 11.6 Å². The van der Waals surface area contributed by atoms with Gasteiger partial charge in [0.15, 0.2) is 0 Å². The summed E-state index contributed by atoms with van der Waals surface area (Å²) in [5, 5.41) is 3.84. The number of allylic oxidation sites excluding steroid dienone is 5. The van der Waals surface area contributed by atoms with Gasteiger partial charge < -0.3 is 5.32 Å². The molecule has 1 aliphatic rings. The van der Waals surface area contributed by atoms with E-state index in [0.717, 1.165) is 35.9 Å². The molecular weight excluding hydrogens is 524 g/mol. The lowest BCUT2D eigenvalue weighted by molar-refractivity contribution is -0.137. The Bertz CT molecular complexity index is 1080. The van der Waals surface area contributed by atoms with Crippen molar-refractivity contribution < 1.29 is 17.6 Å². The lowest BCUT2D eigenvalue weighted by atomic mass is 9.73. The van der Waals surface area contributed by atoms with E-state index in [0.29, 0.717) is 16.8 Å². The quantitative estimate of drug-likeness (QED) is 0.254. The predicted octanol–water partition coefficient (Wildman–Crippen LogP) is 10.2. The molecule has 1 aliphatic carbocycles. The van der Waals surface area contributed by atoms with Crippen molar-refractivity contribution in [2.45, 2.75) is 91.3 Å². The van der Waals surface area contributed by atoms with Gasteiger partial charge in [-0.15, -0.1) is 0 Å². The molecule has 1 atom stereocenters. The zero-order valence-corrected chi connectivity index (χ0v) is 24.8. The first kappa shape index (κ1) is 34.6. The normalized spacial score (nSPS) is 15.3. The van der Waals surface area contributed by atoms with E-state index in [-0.39, 0.29) is 12.0 Å². The molecule has 216 valence electrons. The Morgan fingerprint density at radius 2 is 1.69 bits per heavy atom. The first-order valence-corrected chi connectivity index (χ1v) is 14.0. The molecule has 1 heterocycles. The molecule has 1 fully saturated rings. The summed E-state index contributed by atoms with van der Waals surface area (Å²) in [6.07, 6.45) is 8.11. The summed E-state index contributed by atoms with van der Waals surface area (Å²) >= 11 is 5.93. The van der Waals surface area contributed by atoms with Crippen molar-refractivity contribution in [2.75, 3.05) is 6.54 Å². The zero-order valence-electron chi connectivity index (χ0n) is 24.1. The molecule has 1 N–H and O–H groups in total. The van der Waals surface area contributed by atoms with Crippen LogP contribution in [0.1, 0.15) is 90.5 Å². The van der Waals surface area contributed by atoms with E-state index >= 15 is 0 Å². The molecule has 0 aliphatic heterocycles. The topological polar surface area (TPSA) is 24.9 Å². The number of aromatic nitrogens is 1. The standard InChI is InChI=1S/C23H22ClF4N.C7H15N.C2H6/c1-5-16(7-6-15(2)3)13-22(4,21-9-8-19(24)14-29-21)17-10-18(23(26,27)28)12-20(25)11-17;1-2-8-7-5-3-4-6-7;1-2/h5-12,14H,1,13H2,2-4H3;7-8H,2-6H2,1H3;1-2H3/b16-7+;;/t22-;;/m1../s1. The third-order valence-corrected chi connectivity index (χ3v) is 6.68. The molecular formula is C32H43ClF4N2. The third kappa shape index (κ3) is 11.3. The number of alkyl halides is 3. The number of benzene rings is 1. The van der Waals surface area contributed by atoms with Crippen LogP contribution in [0.15, 0.2) is 72.5 Å². The summed E-state index contributed by atoms with van der Waals surface area (Å²) < 4.78 is 54.0. The van der Waals surface area contributed by atoms with E-state index < -0.39 is 23.0 Å². The second-order valence-corrected chi connectivity index (χ2v) is 10.3. The number of halogens is 5. The van der Waals surface area contributed by atoms with Crippen LogP contribution in [0.5, 0.6) is 0 Å². The summed E-state index contributed by atoms with van der Waals surface area (Å²) in [6, 6.07) is 6.70. The van der Waals surface area contributed by atoms with Gasteiger partial charge in [0.05, 0.1) is 16.3 Å². The maximum atomic E-state index is 14.2. The second kappa shape index (κ2) is 16.6. The third-order valence-electron chi connectivity index (χ3n) is 6.45. The van der Waals surface area contributed by atoms with E-state index in [1.165, 1.54) is 31.9 Å². The van der Waals surface area contributed by atoms with Crippen molar-refractivity contribution >= 4 is 11.6 Å². The van der Waals surface area contributed by atoms with Gasteiger partial charge in [-0.2, -0.15) is 13.2 Å². The van der Waals surface area contributed by atoms with Crippen LogP contribution in [0, 0.1) is 5.82 Å². The Hall–Kier alpha value is -2.44. The average molecular weight is 567 g/mol. The molecule has 2 nitrogen and oxygen atoms in total. The maximum Gasteiger partial charge on any atom is 0.416 e. The van der Waals surface area contributed by atoms with E-state index in [1.807, 2.05) is 39.8 Å². The van der Waals surface area contributed by atoms with Gasteiger partial charge in [0.1, 0.15) is 5.82 Å². The first-order valence-electron chi connectivity index (χ1n) is 13.6. The Kier molecular flexibility index (Phi) is 14.7. The molecule has 3 rings (SSSR count). The van der Waals surface area contributed by atoms with E-state index in [2.05, 4.69) is 23.8 Å². The van der Waals surface area contributed by atoms with E-state index in [1.54, 1.807) is 25.1 Å². The molecule has 1 aromatic heterocycles. The summed E-state index contributed by atoms with van der Waals surface area (Å²) in [5.41, 5.74) is 0.405. The molecule has 0 saturated heterocycles. The van der Waals surface area contributed by atoms with Crippen LogP contribution in [0.2, 0.25) is 5.02 Å². The fourth-order valence-corrected chi connectivity index (χ4v) is 4.53. The Balaban J connectivity index is 0.000000641. The highest BCUT2D eigenvalue weighted by Gasteiger charge is 2.36. The van der Waals surface area contributed by atoms with Crippen LogP contribution in [-0.2, 0) is 11.6 Å². The summed E-state index contributed by atoms with van der Waals surface area (Å²) in [4.78, 5) is 4.32. The van der Waals surface area contributed by atoms with Crippen molar-refractivity contribution in [1.29, 1.82) is 0 Å². The molecule has 7 heteroatoms. The number of rotatable bonds is 8. The van der Waals surface area contributed by atoms with Gasteiger partial charge in [-0.1, -0.05) is 75.6 Å². The van der Waals surface area contributed by atoms with Crippen molar-refractivity contribution in [3.05, 3.63) is 100 Å². The summed E-state index contributed by atoms with van der Waals surface area (Å²) in [7, 11) is 0. The minimum Gasteiger partial charge on any atom is -0.314 e. The minimum absolute atomic E-state index is 0.171. The van der Waals surface area contributed by atoms with E-state index in [9.17, 15) is 17.6 Å². The van der Waals surface area contributed by atoms with Gasteiger partial charge in [-0.05, 0) is 88.0 Å². The maximum absolute atomic E-state index is 14.2. The van der Waals surface area contributed by atoms with Gasteiger partial charge in [0, 0.05) is 17.7 Å². The molecule has 0 spiro atoms. The van der Waals surface area contributed by atoms with Crippen LogP contribution in [0.4, 0.5) is 17.6 Å². The fourth-order valence-electron chi connectivity index (χ4n) is 4.41. The summed E-state index contributed by atoms with van der Waals surface area (Å²) in [6.45, 7) is 16.7. The molecule has 0 amide bonds. The molecule has 1 aromatic carbocycles. The largest absolute Gasteiger partial charge is 0.416 e. The van der Waals surface area contributed by atoms with Crippen LogP contribution >= 0.6 is 11.6 Å². The van der Waals surface area contributed by atoms with Crippen LogP contribution < -0.4 is 5.32 Å². The van der Waals surface area contributed by atoms with Gasteiger partial charge >= 0.3 is 6.18 Å². The average Bonchev–Trinajstić information content (AvgIpc) is 3.41. The number of hydrogen-bond acceptors (Lipinski definition) is 2. The molecule has 1 saturated carbocycles. The molecule has 0 bridgehead atoms. The smallest absolute Gasteiger partial charge is 0.314 e. The number of hydrogen-bond donors (Lipinski definition) is 1. The summed E-state index contributed by atoms with van der Waals surface area (Å²) in [5.74, 6) is -0.955. The minimum atomic E-state index is -4.66. The highest BCUT2D eigenvalue weighted by Crippen LogP contribution is 2.40. The van der Waals surface area contributed by atoms with Crippen molar-refractivity contribution in [2.24, 2.45) is 0 Å². The Morgan fingerprint density at radius 3 is 2.18 bits per heavy atom. The van der Waals surface area contributed by atoms with Crippen molar-refractivity contribution in [3.63, 3.8) is 0 Å². The lowest BCUT2D eigenvalue weighted by Crippen LogP contribution is -2.26. The molecule has 2 aromatic rings. The number of pyridine rings is 1. The predicted molar refractivity (Wildman–Crippen MR) is 157 cm³/mol. The first-order chi connectivity index (χ1) is 18.4. The monoisotopic (exact) mass is 566 g/mol. The highest BCUT2D eigenvalue weighted by molar-refractivity contribution is 6.30. The SMILES string of the molecule is C=C/C(=C\C=C(C)C)C[C@](C)(c1cc(F)cc(C(F)(F)F)c1)c1ccc(Cl)cn1.CC.CCNC1CCCC1. The Labute approximate surface area is 237 Å². The second-order valence-electron chi connectivity index (χ2n) is 9.83. The van der Waals surface area contributed by atoms with Crippen LogP contribution in [0.25, 0.3) is 0 Å². The number of nitrogens with one attached hydrogen (secondary N) is 1. The molecule has 0 radical (unpaired) electrons. The van der Waals surface area contributed by atoms with Gasteiger partial charge in [0.2, 0.25) is 0 Å². The van der Waals surface area contributed by atoms with Crippen molar-refractivity contribution in [1.82, 2.24) is 10.3 Å². The lowest BCUT2D eigenvalue weighted by Gasteiger charge is -2.31. The molecule has 39 heavy (non-hydrogen) atoms.